The fourth-order valence-corrected chi connectivity index (χ4v) is 3.92. The molecule has 122 valence electrons. The summed E-state index contributed by atoms with van der Waals surface area (Å²) in [6.07, 6.45) is 10.5. The van der Waals surface area contributed by atoms with E-state index in [1.807, 2.05) is 13.8 Å². The first-order chi connectivity index (χ1) is 10.1. The number of rotatable bonds is 4. The van der Waals surface area contributed by atoms with Gasteiger partial charge < -0.3 is 10.2 Å². The van der Waals surface area contributed by atoms with Crippen molar-refractivity contribution in [2.24, 2.45) is 11.8 Å². The Hall–Kier alpha value is -0.570. The molecule has 0 radical (unpaired) electrons. The lowest BCUT2D eigenvalue weighted by Crippen LogP contribution is -2.48. The number of nitrogens with zero attached hydrogens (tertiary/aromatic N) is 1. The van der Waals surface area contributed by atoms with Gasteiger partial charge in [-0.05, 0) is 38.0 Å². The van der Waals surface area contributed by atoms with Crippen LogP contribution >= 0.6 is 0 Å². The van der Waals surface area contributed by atoms with E-state index in [1.165, 1.54) is 38.5 Å². The van der Waals surface area contributed by atoms with Crippen LogP contribution in [0.15, 0.2) is 0 Å². The fraction of sp³-hybridized carbons (Fsp3) is 0.944. The summed E-state index contributed by atoms with van der Waals surface area (Å²) in [4.78, 5) is 14.1. The summed E-state index contributed by atoms with van der Waals surface area (Å²) in [5.41, 5.74) is 0. The number of carbonyl (C=O) groups is 1. The molecule has 2 unspecified atom stereocenters. The van der Waals surface area contributed by atoms with Crippen molar-refractivity contribution < 1.29 is 4.79 Å². The summed E-state index contributed by atoms with van der Waals surface area (Å²) in [5.74, 6) is 1.43. The van der Waals surface area contributed by atoms with E-state index >= 15 is 0 Å². The van der Waals surface area contributed by atoms with Gasteiger partial charge in [0.1, 0.15) is 0 Å². The number of likely N-dealkylation sites (tertiary alicyclic amines) is 1. The highest BCUT2D eigenvalue weighted by molar-refractivity contribution is 5.78. The van der Waals surface area contributed by atoms with Gasteiger partial charge in [0.15, 0.2) is 0 Å². The molecule has 0 spiro atoms. The molecular formula is C18H34N2O. The van der Waals surface area contributed by atoms with E-state index in [0.717, 1.165) is 37.9 Å². The lowest BCUT2D eigenvalue weighted by Gasteiger charge is -2.35. The molecule has 1 aliphatic carbocycles. The monoisotopic (exact) mass is 294 g/mol. The van der Waals surface area contributed by atoms with Crippen molar-refractivity contribution in [1.29, 1.82) is 0 Å². The Morgan fingerprint density at radius 3 is 2.33 bits per heavy atom. The first kappa shape index (κ1) is 16.8. The molecule has 2 atom stereocenters. The van der Waals surface area contributed by atoms with Gasteiger partial charge in [0.2, 0.25) is 5.91 Å². The number of amides is 1. The third-order valence-corrected chi connectivity index (χ3v) is 5.44. The molecule has 0 aromatic heterocycles. The zero-order valence-corrected chi connectivity index (χ0v) is 14.2. The van der Waals surface area contributed by atoms with Crippen molar-refractivity contribution >= 4 is 5.91 Å². The molecule has 1 N–H and O–H groups in total. The zero-order valence-electron chi connectivity index (χ0n) is 14.2. The molecular weight excluding hydrogens is 260 g/mol. The number of hydrogen-bond donors (Lipinski definition) is 1. The Bertz CT molecular complexity index is 321. The average Bonchev–Trinajstić information content (AvgIpc) is 2.72. The highest BCUT2D eigenvalue weighted by Gasteiger charge is 2.26. The number of carbonyl (C=O) groups excluding carboxylic acids is 1. The number of hydrogen-bond acceptors (Lipinski definition) is 2. The van der Waals surface area contributed by atoms with Crippen molar-refractivity contribution in [3.63, 3.8) is 0 Å². The van der Waals surface area contributed by atoms with E-state index in [-0.39, 0.29) is 5.92 Å². The molecule has 3 nitrogen and oxygen atoms in total. The predicted octanol–water partition coefficient (Wildman–Crippen LogP) is 3.58. The van der Waals surface area contributed by atoms with Crippen LogP contribution in [0.2, 0.25) is 0 Å². The van der Waals surface area contributed by atoms with E-state index in [0.29, 0.717) is 11.9 Å². The second kappa shape index (κ2) is 8.17. The lowest BCUT2D eigenvalue weighted by molar-refractivity contribution is -0.135. The first-order valence-electron chi connectivity index (χ1n) is 9.15. The van der Waals surface area contributed by atoms with Crippen LogP contribution in [0.3, 0.4) is 0 Å². The minimum absolute atomic E-state index is 0.141. The standard InChI is InChI=1S/C18H34N2O/c1-4-15-6-5-7-16(9-8-15)19-17-10-12-20(13-11-17)18(21)14(2)3/h14-17,19H,4-13H2,1-3H3. The summed E-state index contributed by atoms with van der Waals surface area (Å²) in [6.45, 7) is 8.22. The molecule has 1 saturated heterocycles. The summed E-state index contributed by atoms with van der Waals surface area (Å²) < 4.78 is 0. The van der Waals surface area contributed by atoms with Crippen LogP contribution in [0.1, 0.15) is 72.1 Å². The summed E-state index contributed by atoms with van der Waals surface area (Å²) in [7, 11) is 0. The van der Waals surface area contributed by atoms with E-state index in [2.05, 4.69) is 17.1 Å². The van der Waals surface area contributed by atoms with Crippen molar-refractivity contribution in [2.75, 3.05) is 13.1 Å². The molecule has 2 fully saturated rings. The van der Waals surface area contributed by atoms with Crippen LogP contribution in [0.4, 0.5) is 0 Å². The Morgan fingerprint density at radius 2 is 1.71 bits per heavy atom. The maximum absolute atomic E-state index is 12.0. The zero-order chi connectivity index (χ0) is 15.2. The quantitative estimate of drug-likeness (QED) is 0.804. The Kier molecular flexibility index (Phi) is 6.53. The summed E-state index contributed by atoms with van der Waals surface area (Å²) >= 11 is 0. The molecule has 2 rings (SSSR count). The van der Waals surface area contributed by atoms with Gasteiger partial charge in [0, 0.05) is 31.1 Å². The molecule has 1 heterocycles. The lowest BCUT2D eigenvalue weighted by atomic mass is 9.97. The Balaban J connectivity index is 1.72. The SMILES string of the molecule is CCC1CCCC(NC2CCN(C(=O)C(C)C)CC2)CC1. The van der Waals surface area contributed by atoms with Gasteiger partial charge in [-0.3, -0.25) is 4.79 Å². The largest absolute Gasteiger partial charge is 0.342 e. The predicted molar refractivity (Wildman–Crippen MR) is 88.2 cm³/mol. The van der Waals surface area contributed by atoms with Crippen molar-refractivity contribution in [1.82, 2.24) is 10.2 Å². The van der Waals surface area contributed by atoms with E-state index in [4.69, 9.17) is 0 Å². The van der Waals surface area contributed by atoms with Crippen molar-refractivity contribution in [3.8, 4) is 0 Å². The normalized spacial score (nSPS) is 28.7. The molecule has 3 heteroatoms. The van der Waals surface area contributed by atoms with Crippen molar-refractivity contribution in [2.45, 2.75) is 84.2 Å². The third-order valence-electron chi connectivity index (χ3n) is 5.44. The fourth-order valence-electron chi connectivity index (χ4n) is 3.92. The molecule has 1 aliphatic heterocycles. The van der Waals surface area contributed by atoms with Gasteiger partial charge >= 0.3 is 0 Å². The van der Waals surface area contributed by atoms with Gasteiger partial charge in [-0.1, -0.05) is 40.0 Å². The topological polar surface area (TPSA) is 32.3 Å². The molecule has 2 aliphatic rings. The van der Waals surface area contributed by atoms with Crippen LogP contribution in [0.25, 0.3) is 0 Å². The first-order valence-corrected chi connectivity index (χ1v) is 9.15. The van der Waals surface area contributed by atoms with Crippen LogP contribution in [0.5, 0.6) is 0 Å². The smallest absolute Gasteiger partial charge is 0.225 e. The number of piperidine rings is 1. The Morgan fingerprint density at radius 1 is 1.05 bits per heavy atom. The Labute approximate surface area is 130 Å². The second-order valence-electron chi connectivity index (χ2n) is 7.40. The molecule has 1 saturated carbocycles. The minimum atomic E-state index is 0.141. The van der Waals surface area contributed by atoms with Crippen LogP contribution < -0.4 is 5.32 Å². The highest BCUT2D eigenvalue weighted by atomic mass is 16.2. The maximum Gasteiger partial charge on any atom is 0.225 e. The molecule has 0 aromatic carbocycles. The van der Waals surface area contributed by atoms with Gasteiger partial charge in [-0.25, -0.2) is 0 Å². The van der Waals surface area contributed by atoms with Crippen LogP contribution in [-0.2, 0) is 4.79 Å². The van der Waals surface area contributed by atoms with E-state index in [1.54, 1.807) is 0 Å². The minimum Gasteiger partial charge on any atom is -0.342 e. The van der Waals surface area contributed by atoms with Gasteiger partial charge in [-0.2, -0.15) is 0 Å². The average molecular weight is 294 g/mol. The summed E-state index contributed by atoms with van der Waals surface area (Å²) in [6, 6.07) is 1.35. The highest BCUT2D eigenvalue weighted by Crippen LogP contribution is 2.26. The molecule has 21 heavy (non-hydrogen) atoms. The molecule has 1 amide bonds. The van der Waals surface area contributed by atoms with Gasteiger partial charge in [0.25, 0.3) is 0 Å². The molecule has 0 bridgehead atoms. The van der Waals surface area contributed by atoms with Crippen molar-refractivity contribution in [3.05, 3.63) is 0 Å². The van der Waals surface area contributed by atoms with Gasteiger partial charge in [0.05, 0.1) is 0 Å². The third kappa shape index (κ3) is 4.98. The second-order valence-corrected chi connectivity index (χ2v) is 7.40. The molecule has 0 aromatic rings. The van der Waals surface area contributed by atoms with E-state index < -0.39 is 0 Å². The van der Waals surface area contributed by atoms with E-state index in [9.17, 15) is 4.79 Å². The van der Waals surface area contributed by atoms with Crippen LogP contribution in [0, 0.1) is 11.8 Å². The van der Waals surface area contributed by atoms with Crippen LogP contribution in [-0.4, -0.2) is 36.0 Å². The van der Waals surface area contributed by atoms with Gasteiger partial charge in [-0.15, -0.1) is 0 Å². The maximum atomic E-state index is 12.0. The summed E-state index contributed by atoms with van der Waals surface area (Å²) in [5, 5.41) is 3.89. The number of nitrogens with one attached hydrogen (secondary N) is 1.